The van der Waals surface area contributed by atoms with Crippen molar-refractivity contribution in [3.63, 3.8) is 0 Å². The van der Waals surface area contributed by atoms with Crippen molar-refractivity contribution in [2.24, 2.45) is 0 Å². The number of ether oxygens (including phenoxy) is 2. The normalized spacial score (nSPS) is 20.1. The van der Waals surface area contributed by atoms with Crippen LogP contribution in [0.5, 0.6) is 0 Å². The molecule has 3 heterocycles. The number of benzene rings is 2. The summed E-state index contributed by atoms with van der Waals surface area (Å²) in [6.45, 7) is 3.08. The highest BCUT2D eigenvalue weighted by Gasteiger charge is 2.41. The van der Waals surface area contributed by atoms with Crippen LogP contribution in [0.3, 0.4) is 0 Å². The second kappa shape index (κ2) is 7.85. The summed E-state index contributed by atoms with van der Waals surface area (Å²) in [5, 5.41) is 0. The molecular formula is C24H26N2O4. The topological polar surface area (TPSA) is 59.1 Å². The molecule has 0 atom stereocenters. The molecule has 2 fully saturated rings. The van der Waals surface area contributed by atoms with E-state index in [0.717, 1.165) is 23.1 Å². The van der Waals surface area contributed by atoms with E-state index in [0.29, 0.717) is 45.7 Å². The predicted octanol–water partition coefficient (Wildman–Crippen LogP) is 2.60. The average Bonchev–Trinajstić information content (AvgIpc) is 3.34. The second-order valence-electron chi connectivity index (χ2n) is 8.30. The van der Waals surface area contributed by atoms with E-state index in [4.69, 9.17) is 9.47 Å². The van der Waals surface area contributed by atoms with Crippen LogP contribution in [0.4, 0.5) is 0 Å². The Balaban J connectivity index is 1.21. The van der Waals surface area contributed by atoms with Gasteiger partial charge in [0.15, 0.2) is 5.79 Å². The second-order valence-corrected chi connectivity index (χ2v) is 8.30. The molecule has 1 spiro atoms. The molecular weight excluding hydrogens is 380 g/mol. The number of carbonyl (C=O) groups is 2. The maximum absolute atomic E-state index is 12.9. The minimum Gasteiger partial charge on any atom is -0.347 e. The number of hydrogen-bond donors (Lipinski definition) is 0. The van der Waals surface area contributed by atoms with Crippen LogP contribution in [0.2, 0.25) is 0 Å². The first-order valence-electron chi connectivity index (χ1n) is 10.6. The zero-order valence-corrected chi connectivity index (χ0v) is 17.0. The van der Waals surface area contributed by atoms with Crippen molar-refractivity contribution in [1.29, 1.82) is 0 Å². The molecule has 3 aliphatic heterocycles. The quantitative estimate of drug-likeness (QED) is 0.783. The van der Waals surface area contributed by atoms with Crippen molar-refractivity contribution < 1.29 is 19.1 Å². The maximum atomic E-state index is 12.9. The zero-order valence-electron chi connectivity index (χ0n) is 17.0. The van der Waals surface area contributed by atoms with Gasteiger partial charge in [0.1, 0.15) is 6.54 Å². The van der Waals surface area contributed by atoms with E-state index in [2.05, 4.69) is 18.2 Å². The average molecular weight is 406 g/mol. The van der Waals surface area contributed by atoms with Crippen LogP contribution in [0.15, 0.2) is 48.5 Å². The third kappa shape index (κ3) is 3.73. The Labute approximate surface area is 176 Å². The van der Waals surface area contributed by atoms with E-state index < -0.39 is 5.79 Å². The molecule has 2 aromatic rings. The number of hydrogen-bond acceptors (Lipinski definition) is 4. The van der Waals surface area contributed by atoms with Gasteiger partial charge in [-0.2, -0.15) is 0 Å². The lowest BCUT2D eigenvalue weighted by Crippen LogP contribution is -2.49. The summed E-state index contributed by atoms with van der Waals surface area (Å²) in [6, 6.07) is 16.3. The summed E-state index contributed by atoms with van der Waals surface area (Å²) >= 11 is 0. The molecule has 6 heteroatoms. The van der Waals surface area contributed by atoms with E-state index in [-0.39, 0.29) is 18.4 Å². The van der Waals surface area contributed by atoms with Crippen LogP contribution in [0.25, 0.3) is 0 Å². The Morgan fingerprint density at radius 2 is 1.70 bits per heavy atom. The molecule has 30 heavy (non-hydrogen) atoms. The van der Waals surface area contributed by atoms with Gasteiger partial charge in [-0.3, -0.25) is 9.59 Å². The number of piperidine rings is 1. The largest absolute Gasteiger partial charge is 0.347 e. The lowest BCUT2D eigenvalue weighted by Gasteiger charge is -2.38. The maximum Gasteiger partial charge on any atom is 0.254 e. The summed E-state index contributed by atoms with van der Waals surface area (Å²) in [5.74, 6) is -0.552. The van der Waals surface area contributed by atoms with Gasteiger partial charge < -0.3 is 19.3 Å². The number of rotatable bonds is 4. The molecule has 0 saturated carbocycles. The fraction of sp³-hybridized carbons (Fsp3) is 0.417. The van der Waals surface area contributed by atoms with E-state index in [1.807, 2.05) is 35.2 Å². The fourth-order valence-electron chi connectivity index (χ4n) is 4.62. The number of carbonyl (C=O) groups excluding carboxylic acids is 2. The lowest BCUT2D eigenvalue weighted by molar-refractivity contribution is -0.187. The fourth-order valence-corrected chi connectivity index (χ4v) is 4.62. The van der Waals surface area contributed by atoms with Crippen molar-refractivity contribution in [2.75, 3.05) is 32.8 Å². The van der Waals surface area contributed by atoms with Gasteiger partial charge in [-0.15, -0.1) is 0 Å². The monoisotopic (exact) mass is 406 g/mol. The highest BCUT2D eigenvalue weighted by molar-refractivity contribution is 6.00. The molecule has 6 nitrogen and oxygen atoms in total. The van der Waals surface area contributed by atoms with Gasteiger partial charge in [-0.05, 0) is 29.2 Å². The van der Waals surface area contributed by atoms with E-state index in [1.54, 1.807) is 4.90 Å². The van der Waals surface area contributed by atoms with Crippen LogP contribution in [0.1, 0.15) is 39.9 Å². The van der Waals surface area contributed by atoms with Crippen LogP contribution in [0, 0.1) is 0 Å². The van der Waals surface area contributed by atoms with Crippen LogP contribution in [-0.2, 0) is 27.2 Å². The third-order valence-electron chi connectivity index (χ3n) is 6.32. The smallest absolute Gasteiger partial charge is 0.254 e. The summed E-state index contributed by atoms with van der Waals surface area (Å²) in [6.07, 6.45) is 2.17. The number of fused-ring (bicyclic) bond motifs is 1. The molecule has 2 saturated heterocycles. The molecule has 5 rings (SSSR count). The van der Waals surface area contributed by atoms with Gasteiger partial charge in [-0.1, -0.05) is 42.5 Å². The zero-order chi connectivity index (χ0) is 20.6. The van der Waals surface area contributed by atoms with Crippen LogP contribution in [-0.4, -0.2) is 60.2 Å². The van der Waals surface area contributed by atoms with Gasteiger partial charge in [0.05, 0.1) is 13.2 Å². The number of likely N-dealkylation sites (tertiary alicyclic amines) is 1. The van der Waals surface area contributed by atoms with Crippen LogP contribution < -0.4 is 0 Å². The molecule has 156 valence electrons. The number of amides is 2. The van der Waals surface area contributed by atoms with E-state index in [9.17, 15) is 9.59 Å². The molecule has 2 amide bonds. The van der Waals surface area contributed by atoms with Crippen molar-refractivity contribution in [3.05, 3.63) is 70.8 Å². The molecule has 3 aliphatic rings. The standard InChI is InChI=1S/C24H26N2O4/c27-22(25-10-8-24(9-11-25)29-12-13-30-24)17-26-16-20-7-6-19(15-21(20)23(26)28)14-18-4-2-1-3-5-18/h1-7,15H,8-14,16-17H2. The van der Waals surface area contributed by atoms with Gasteiger partial charge in [0.25, 0.3) is 5.91 Å². The van der Waals surface area contributed by atoms with Crippen LogP contribution >= 0.6 is 0 Å². The molecule has 0 aromatic heterocycles. The predicted molar refractivity (Wildman–Crippen MR) is 111 cm³/mol. The highest BCUT2D eigenvalue weighted by Crippen LogP contribution is 2.31. The van der Waals surface area contributed by atoms with Crippen molar-refractivity contribution >= 4 is 11.8 Å². The summed E-state index contributed by atoms with van der Waals surface area (Å²) in [7, 11) is 0. The Bertz CT molecular complexity index is 943. The van der Waals surface area contributed by atoms with Gasteiger partial charge in [-0.25, -0.2) is 0 Å². The molecule has 0 radical (unpaired) electrons. The Morgan fingerprint density at radius 3 is 2.43 bits per heavy atom. The number of nitrogens with zero attached hydrogens (tertiary/aromatic N) is 2. The van der Waals surface area contributed by atoms with Crippen molar-refractivity contribution in [2.45, 2.75) is 31.6 Å². The molecule has 2 aromatic carbocycles. The molecule has 0 bridgehead atoms. The Morgan fingerprint density at radius 1 is 0.967 bits per heavy atom. The first kappa shape index (κ1) is 19.3. The highest BCUT2D eigenvalue weighted by atomic mass is 16.7. The summed E-state index contributed by atoms with van der Waals surface area (Å²) in [4.78, 5) is 29.2. The third-order valence-corrected chi connectivity index (χ3v) is 6.32. The van der Waals surface area contributed by atoms with Crippen molar-refractivity contribution in [3.8, 4) is 0 Å². The van der Waals surface area contributed by atoms with Gasteiger partial charge >= 0.3 is 0 Å². The lowest BCUT2D eigenvalue weighted by atomic mass is 10.0. The van der Waals surface area contributed by atoms with E-state index in [1.165, 1.54) is 5.56 Å². The van der Waals surface area contributed by atoms with Gasteiger partial charge in [0.2, 0.25) is 5.91 Å². The summed E-state index contributed by atoms with van der Waals surface area (Å²) in [5.41, 5.74) is 4.05. The SMILES string of the molecule is O=C(CN1Cc2ccc(Cc3ccccc3)cc2C1=O)N1CCC2(CC1)OCCO2. The van der Waals surface area contributed by atoms with Gasteiger partial charge in [0, 0.05) is 38.0 Å². The molecule has 0 N–H and O–H groups in total. The minimum atomic E-state index is -0.494. The first-order valence-corrected chi connectivity index (χ1v) is 10.6. The molecule has 0 unspecified atom stereocenters. The first-order chi connectivity index (χ1) is 14.6. The minimum absolute atomic E-state index is 0.00601. The van der Waals surface area contributed by atoms with E-state index >= 15 is 0 Å². The van der Waals surface area contributed by atoms with Crippen molar-refractivity contribution in [1.82, 2.24) is 9.80 Å². The Kier molecular flexibility index (Phi) is 5.05. The summed E-state index contributed by atoms with van der Waals surface area (Å²) < 4.78 is 11.5. The Hall–Kier alpha value is -2.70. The molecule has 0 aliphatic carbocycles.